The first-order valence-electron chi connectivity index (χ1n) is 10.5. The third-order valence-corrected chi connectivity index (χ3v) is 6.94. The third-order valence-electron chi connectivity index (χ3n) is 6.70. The smallest absolute Gasteiger partial charge is 0.231 e. The van der Waals surface area contributed by atoms with Gasteiger partial charge in [-0.25, -0.2) is 0 Å². The third kappa shape index (κ3) is 3.38. The predicted molar refractivity (Wildman–Crippen MR) is 113 cm³/mol. The zero-order chi connectivity index (χ0) is 20.0. The standard InChI is InChI=1S/C24H25ClN2O2/c25-17-7-8-19-20(13-17)21(14-23(19)28)24(29)27-12-9-16-5-1-2-6-18(16)22(27)15-26-10-3-4-11-26/h1-2,5-8,13,21-22H,3-4,9-12,14-15H2. The fourth-order valence-electron chi connectivity index (χ4n) is 5.22. The quantitative estimate of drug-likeness (QED) is 0.763. The van der Waals surface area contributed by atoms with E-state index >= 15 is 0 Å². The molecule has 0 spiro atoms. The second-order valence-electron chi connectivity index (χ2n) is 8.42. The van der Waals surface area contributed by atoms with Crippen LogP contribution in [0.3, 0.4) is 0 Å². The fraction of sp³-hybridized carbons (Fsp3) is 0.417. The van der Waals surface area contributed by atoms with Gasteiger partial charge in [0.05, 0.1) is 12.0 Å². The van der Waals surface area contributed by atoms with E-state index in [2.05, 4.69) is 29.2 Å². The molecule has 1 saturated heterocycles. The van der Waals surface area contributed by atoms with Crippen LogP contribution in [0.15, 0.2) is 42.5 Å². The van der Waals surface area contributed by atoms with E-state index < -0.39 is 5.92 Å². The molecule has 4 nitrogen and oxygen atoms in total. The Morgan fingerprint density at radius 2 is 1.83 bits per heavy atom. The van der Waals surface area contributed by atoms with Gasteiger partial charge in [0.1, 0.15) is 0 Å². The Morgan fingerprint density at radius 3 is 2.66 bits per heavy atom. The zero-order valence-corrected chi connectivity index (χ0v) is 17.2. The van der Waals surface area contributed by atoms with E-state index in [-0.39, 0.29) is 24.2 Å². The molecule has 2 aliphatic heterocycles. The van der Waals surface area contributed by atoms with Gasteiger partial charge in [0, 0.05) is 30.1 Å². The molecule has 5 heteroatoms. The lowest BCUT2D eigenvalue weighted by molar-refractivity contribution is -0.136. The van der Waals surface area contributed by atoms with Gasteiger partial charge in [-0.1, -0.05) is 35.9 Å². The number of rotatable bonds is 3. The molecule has 0 aromatic heterocycles. The largest absolute Gasteiger partial charge is 0.333 e. The molecule has 0 radical (unpaired) electrons. The van der Waals surface area contributed by atoms with Crippen LogP contribution in [0.1, 0.15) is 58.3 Å². The first kappa shape index (κ1) is 18.8. The predicted octanol–water partition coefficient (Wildman–Crippen LogP) is 4.23. The minimum absolute atomic E-state index is 0.0449. The molecule has 5 rings (SSSR count). The average Bonchev–Trinajstić information content (AvgIpc) is 3.35. The molecule has 29 heavy (non-hydrogen) atoms. The van der Waals surface area contributed by atoms with Crippen LogP contribution in [0.4, 0.5) is 0 Å². The van der Waals surface area contributed by atoms with Crippen molar-refractivity contribution in [3.63, 3.8) is 0 Å². The first-order valence-corrected chi connectivity index (χ1v) is 10.9. The monoisotopic (exact) mass is 408 g/mol. The van der Waals surface area contributed by atoms with Gasteiger partial charge < -0.3 is 9.80 Å². The summed E-state index contributed by atoms with van der Waals surface area (Å²) in [6.45, 7) is 3.77. The van der Waals surface area contributed by atoms with E-state index in [1.165, 1.54) is 24.0 Å². The summed E-state index contributed by atoms with van der Waals surface area (Å²) in [7, 11) is 0. The Bertz CT molecular complexity index is 967. The average molecular weight is 409 g/mol. The number of halogens is 1. The van der Waals surface area contributed by atoms with Crippen LogP contribution >= 0.6 is 11.6 Å². The number of benzene rings is 2. The topological polar surface area (TPSA) is 40.6 Å². The van der Waals surface area contributed by atoms with Crippen LogP contribution in [0.5, 0.6) is 0 Å². The number of fused-ring (bicyclic) bond motifs is 2. The SMILES string of the molecule is O=C1CC(C(=O)N2CCc3ccccc3C2CN2CCCC2)c2cc(Cl)ccc21. The normalized spacial score (nSPS) is 23.9. The molecule has 1 fully saturated rings. The minimum atomic E-state index is -0.414. The summed E-state index contributed by atoms with van der Waals surface area (Å²) in [4.78, 5) is 30.7. The van der Waals surface area contributed by atoms with E-state index in [9.17, 15) is 9.59 Å². The van der Waals surface area contributed by atoms with Crippen molar-refractivity contribution in [1.82, 2.24) is 9.80 Å². The van der Waals surface area contributed by atoms with Crippen molar-refractivity contribution < 1.29 is 9.59 Å². The maximum absolute atomic E-state index is 13.7. The molecule has 0 saturated carbocycles. The fourth-order valence-corrected chi connectivity index (χ4v) is 5.40. The molecule has 0 N–H and O–H groups in total. The van der Waals surface area contributed by atoms with Gasteiger partial charge in [0.2, 0.25) is 5.91 Å². The lowest BCUT2D eigenvalue weighted by atomic mass is 9.90. The number of likely N-dealkylation sites (tertiary alicyclic amines) is 1. The Hall–Kier alpha value is -2.17. The summed E-state index contributed by atoms with van der Waals surface area (Å²) >= 11 is 6.19. The Kier molecular flexibility index (Phi) is 4.92. The highest BCUT2D eigenvalue weighted by molar-refractivity contribution is 6.31. The summed E-state index contributed by atoms with van der Waals surface area (Å²) < 4.78 is 0. The van der Waals surface area contributed by atoms with Crippen molar-refractivity contribution in [3.05, 3.63) is 69.7 Å². The Labute approximate surface area is 176 Å². The Morgan fingerprint density at radius 1 is 1.03 bits per heavy atom. The Balaban J connectivity index is 1.48. The molecular weight excluding hydrogens is 384 g/mol. The van der Waals surface area contributed by atoms with Crippen LogP contribution in [0.2, 0.25) is 5.02 Å². The van der Waals surface area contributed by atoms with Gasteiger partial charge in [-0.2, -0.15) is 0 Å². The molecular formula is C24H25ClN2O2. The van der Waals surface area contributed by atoms with Crippen molar-refractivity contribution in [1.29, 1.82) is 0 Å². The van der Waals surface area contributed by atoms with E-state index in [1.54, 1.807) is 18.2 Å². The lowest BCUT2D eigenvalue weighted by Crippen LogP contribution is -2.46. The highest BCUT2D eigenvalue weighted by Crippen LogP contribution is 2.39. The summed E-state index contributed by atoms with van der Waals surface area (Å²) in [5.74, 6) is -0.302. The highest BCUT2D eigenvalue weighted by Gasteiger charge is 2.40. The number of hydrogen-bond acceptors (Lipinski definition) is 3. The number of Topliss-reactive ketones (excluding diaryl/α,β-unsaturated/α-hetero) is 1. The first-order chi connectivity index (χ1) is 14.1. The summed E-state index contributed by atoms with van der Waals surface area (Å²) in [6, 6.07) is 13.8. The van der Waals surface area contributed by atoms with E-state index in [4.69, 9.17) is 11.6 Å². The number of ketones is 1. The van der Waals surface area contributed by atoms with E-state index in [0.29, 0.717) is 17.1 Å². The number of hydrogen-bond donors (Lipinski definition) is 0. The summed E-state index contributed by atoms with van der Waals surface area (Å²) in [5.41, 5.74) is 4.05. The molecule has 2 aromatic carbocycles. The minimum Gasteiger partial charge on any atom is -0.333 e. The number of amides is 1. The van der Waals surface area contributed by atoms with Gasteiger partial charge >= 0.3 is 0 Å². The molecule has 150 valence electrons. The molecule has 1 aliphatic carbocycles. The van der Waals surface area contributed by atoms with Crippen LogP contribution < -0.4 is 0 Å². The molecule has 3 aliphatic rings. The lowest BCUT2D eigenvalue weighted by Gasteiger charge is -2.40. The number of carbonyl (C=O) groups excluding carboxylic acids is 2. The summed E-state index contributed by atoms with van der Waals surface area (Å²) in [5, 5.41) is 0.578. The second kappa shape index (κ2) is 7.58. The molecule has 2 unspecified atom stereocenters. The van der Waals surface area contributed by atoms with Gasteiger partial charge in [-0.05, 0) is 67.2 Å². The van der Waals surface area contributed by atoms with E-state index in [0.717, 1.165) is 31.6 Å². The maximum atomic E-state index is 13.7. The van der Waals surface area contributed by atoms with Crippen LogP contribution in [0.25, 0.3) is 0 Å². The van der Waals surface area contributed by atoms with Crippen LogP contribution in [-0.4, -0.2) is 47.7 Å². The van der Waals surface area contributed by atoms with Crippen molar-refractivity contribution >= 4 is 23.3 Å². The molecule has 2 atom stereocenters. The van der Waals surface area contributed by atoms with Crippen molar-refractivity contribution in [2.75, 3.05) is 26.2 Å². The van der Waals surface area contributed by atoms with Crippen LogP contribution in [0, 0.1) is 0 Å². The summed E-state index contributed by atoms with van der Waals surface area (Å²) in [6.07, 6.45) is 3.57. The van der Waals surface area contributed by atoms with Gasteiger partial charge in [-0.3, -0.25) is 9.59 Å². The van der Waals surface area contributed by atoms with Crippen molar-refractivity contribution in [2.24, 2.45) is 0 Å². The van der Waals surface area contributed by atoms with Gasteiger partial charge in [-0.15, -0.1) is 0 Å². The van der Waals surface area contributed by atoms with E-state index in [1.807, 2.05) is 4.90 Å². The van der Waals surface area contributed by atoms with Gasteiger partial charge in [0.25, 0.3) is 0 Å². The van der Waals surface area contributed by atoms with Crippen LogP contribution in [-0.2, 0) is 11.2 Å². The number of carbonyl (C=O) groups is 2. The van der Waals surface area contributed by atoms with Crippen molar-refractivity contribution in [3.8, 4) is 0 Å². The number of nitrogens with zero attached hydrogens (tertiary/aromatic N) is 2. The zero-order valence-electron chi connectivity index (χ0n) is 16.4. The second-order valence-corrected chi connectivity index (χ2v) is 8.85. The highest BCUT2D eigenvalue weighted by atomic mass is 35.5. The van der Waals surface area contributed by atoms with Gasteiger partial charge in [0.15, 0.2) is 5.78 Å². The molecule has 2 heterocycles. The molecule has 2 aromatic rings. The van der Waals surface area contributed by atoms with Crippen molar-refractivity contribution in [2.45, 2.75) is 37.6 Å². The maximum Gasteiger partial charge on any atom is 0.231 e. The molecule has 0 bridgehead atoms. The molecule has 1 amide bonds.